The van der Waals surface area contributed by atoms with Crippen LogP contribution in [0.15, 0.2) is 35.1 Å². The molecule has 0 aliphatic rings. The van der Waals surface area contributed by atoms with E-state index in [4.69, 9.17) is 4.74 Å². The highest BCUT2D eigenvalue weighted by molar-refractivity contribution is 5.54. The molecule has 0 aliphatic heterocycles. The Kier molecular flexibility index (Phi) is 6.13. The molecule has 0 radical (unpaired) electrons. The van der Waals surface area contributed by atoms with E-state index in [1.165, 1.54) is 12.8 Å². The van der Waals surface area contributed by atoms with E-state index < -0.39 is 5.69 Å². The Morgan fingerprint density at radius 3 is 2.64 bits per heavy atom. The number of benzene rings is 1. The van der Waals surface area contributed by atoms with E-state index >= 15 is 0 Å². The van der Waals surface area contributed by atoms with E-state index in [1.807, 2.05) is 30.3 Å². The van der Waals surface area contributed by atoms with Crippen molar-refractivity contribution >= 4 is 0 Å². The van der Waals surface area contributed by atoms with E-state index in [1.54, 1.807) is 0 Å². The van der Waals surface area contributed by atoms with E-state index in [2.05, 4.69) is 28.8 Å². The highest BCUT2D eigenvalue weighted by atomic mass is 16.5. The summed E-state index contributed by atoms with van der Waals surface area (Å²) in [7, 11) is 0. The predicted molar refractivity (Wildman–Crippen MR) is 86.9 cm³/mol. The van der Waals surface area contributed by atoms with E-state index in [-0.39, 0.29) is 6.01 Å². The molecular formula is C17H23N3O2. The lowest BCUT2D eigenvalue weighted by Gasteiger charge is -2.14. The summed E-state index contributed by atoms with van der Waals surface area (Å²) in [5.74, 6) is 0.959. The van der Waals surface area contributed by atoms with Gasteiger partial charge < -0.3 is 4.74 Å². The molecule has 1 aromatic carbocycles. The van der Waals surface area contributed by atoms with Gasteiger partial charge in [0.05, 0.1) is 6.61 Å². The quantitative estimate of drug-likeness (QED) is 0.811. The van der Waals surface area contributed by atoms with Gasteiger partial charge in [0.15, 0.2) is 0 Å². The number of unbranched alkanes of at least 4 members (excludes halogenated alkanes) is 1. The summed E-state index contributed by atoms with van der Waals surface area (Å²) >= 11 is 0. The molecule has 0 bridgehead atoms. The molecule has 118 valence electrons. The summed E-state index contributed by atoms with van der Waals surface area (Å²) in [6, 6.07) is 9.64. The van der Waals surface area contributed by atoms with Crippen LogP contribution in [0, 0.1) is 5.92 Å². The number of nitrogens with one attached hydrogen (secondary N) is 1. The Morgan fingerprint density at radius 2 is 1.95 bits per heavy atom. The minimum absolute atomic E-state index is 0.151. The Morgan fingerprint density at radius 1 is 1.18 bits per heavy atom. The molecule has 0 saturated carbocycles. The van der Waals surface area contributed by atoms with Gasteiger partial charge in [-0.1, -0.05) is 63.4 Å². The van der Waals surface area contributed by atoms with Gasteiger partial charge >= 0.3 is 11.7 Å². The maximum atomic E-state index is 11.7. The molecule has 1 atom stereocenters. The summed E-state index contributed by atoms with van der Waals surface area (Å²) < 4.78 is 5.66. The van der Waals surface area contributed by atoms with Crippen molar-refractivity contribution < 1.29 is 4.74 Å². The van der Waals surface area contributed by atoms with Gasteiger partial charge in [-0.2, -0.15) is 4.98 Å². The Labute approximate surface area is 130 Å². The zero-order valence-electron chi connectivity index (χ0n) is 13.2. The van der Waals surface area contributed by atoms with Gasteiger partial charge in [-0.25, -0.2) is 4.79 Å². The van der Waals surface area contributed by atoms with Crippen LogP contribution in [0.2, 0.25) is 0 Å². The predicted octanol–water partition coefficient (Wildman–Crippen LogP) is 3.43. The number of hydrogen-bond acceptors (Lipinski definition) is 4. The minimum Gasteiger partial charge on any atom is -0.463 e. The summed E-state index contributed by atoms with van der Waals surface area (Å²) in [6.07, 6.45) is 4.54. The first-order valence-electron chi connectivity index (χ1n) is 7.89. The first-order valence-corrected chi connectivity index (χ1v) is 7.89. The first kappa shape index (κ1) is 16.2. The standard InChI is InChI=1S/C17H23N3O2/c1-3-5-9-13(4-2)12-22-17-19-15(18-16(21)20-17)14-10-7-6-8-11-14/h6-8,10-11,13H,3-5,9,12H2,1-2H3,(H,18,19,20,21). The normalized spacial score (nSPS) is 12.1. The van der Waals surface area contributed by atoms with Crippen molar-refractivity contribution in [1.29, 1.82) is 0 Å². The molecule has 1 aromatic heterocycles. The molecule has 0 amide bonds. The smallest absolute Gasteiger partial charge is 0.351 e. The van der Waals surface area contributed by atoms with Gasteiger partial charge in [0, 0.05) is 5.56 Å². The topological polar surface area (TPSA) is 67.9 Å². The number of rotatable bonds is 8. The second-order valence-corrected chi connectivity index (χ2v) is 5.38. The number of nitrogens with zero attached hydrogens (tertiary/aromatic N) is 2. The first-order chi connectivity index (χ1) is 10.7. The fourth-order valence-electron chi connectivity index (χ4n) is 2.25. The number of H-pyrrole nitrogens is 1. The van der Waals surface area contributed by atoms with Gasteiger partial charge in [-0.05, 0) is 12.3 Å². The molecule has 5 nitrogen and oxygen atoms in total. The van der Waals surface area contributed by atoms with Crippen LogP contribution in [-0.2, 0) is 0 Å². The molecular weight excluding hydrogens is 278 g/mol. The Hall–Kier alpha value is -2.17. The molecule has 0 aliphatic carbocycles. The van der Waals surface area contributed by atoms with Crippen molar-refractivity contribution in [2.75, 3.05) is 6.61 Å². The van der Waals surface area contributed by atoms with Crippen molar-refractivity contribution in [3.63, 3.8) is 0 Å². The van der Waals surface area contributed by atoms with Crippen molar-refractivity contribution in [1.82, 2.24) is 15.0 Å². The number of aromatic nitrogens is 3. The lowest BCUT2D eigenvalue weighted by molar-refractivity contribution is 0.217. The summed E-state index contributed by atoms with van der Waals surface area (Å²) in [5, 5.41) is 0. The largest absolute Gasteiger partial charge is 0.463 e. The van der Waals surface area contributed by atoms with Crippen molar-refractivity contribution in [3.05, 3.63) is 40.8 Å². The molecule has 1 N–H and O–H groups in total. The average molecular weight is 301 g/mol. The molecule has 22 heavy (non-hydrogen) atoms. The highest BCUT2D eigenvalue weighted by Crippen LogP contribution is 2.16. The van der Waals surface area contributed by atoms with E-state index in [9.17, 15) is 4.79 Å². The van der Waals surface area contributed by atoms with Crippen LogP contribution in [0.1, 0.15) is 39.5 Å². The summed E-state index contributed by atoms with van der Waals surface area (Å²) in [4.78, 5) is 22.4. The SMILES string of the molecule is CCCCC(CC)COc1nc(-c2ccccc2)[nH]c(=O)n1. The summed E-state index contributed by atoms with van der Waals surface area (Å²) in [6.45, 7) is 4.88. The van der Waals surface area contributed by atoms with Crippen LogP contribution in [0.3, 0.4) is 0 Å². The Bertz CT molecular complexity index is 625. The maximum absolute atomic E-state index is 11.7. The van der Waals surface area contributed by atoms with Crippen LogP contribution in [0.25, 0.3) is 11.4 Å². The van der Waals surface area contributed by atoms with Crippen molar-refractivity contribution in [2.24, 2.45) is 5.92 Å². The van der Waals surface area contributed by atoms with Crippen molar-refractivity contribution in [3.8, 4) is 17.4 Å². The van der Waals surface area contributed by atoms with Crippen LogP contribution in [-0.4, -0.2) is 21.6 Å². The molecule has 0 saturated heterocycles. The Balaban J connectivity index is 2.08. The van der Waals surface area contributed by atoms with Crippen LogP contribution in [0.5, 0.6) is 6.01 Å². The van der Waals surface area contributed by atoms with E-state index in [0.717, 1.165) is 18.4 Å². The molecule has 2 rings (SSSR count). The molecule has 1 heterocycles. The zero-order chi connectivity index (χ0) is 15.8. The third kappa shape index (κ3) is 4.69. The number of hydrogen-bond donors (Lipinski definition) is 1. The lowest BCUT2D eigenvalue weighted by Crippen LogP contribution is -2.18. The minimum atomic E-state index is -0.439. The number of aromatic amines is 1. The third-order valence-electron chi connectivity index (χ3n) is 3.67. The van der Waals surface area contributed by atoms with Gasteiger partial charge in [0.1, 0.15) is 5.82 Å². The van der Waals surface area contributed by atoms with Crippen LogP contribution >= 0.6 is 0 Å². The molecule has 1 unspecified atom stereocenters. The molecule has 0 spiro atoms. The van der Waals surface area contributed by atoms with E-state index in [0.29, 0.717) is 18.3 Å². The fourth-order valence-corrected chi connectivity index (χ4v) is 2.25. The average Bonchev–Trinajstić information content (AvgIpc) is 2.55. The maximum Gasteiger partial charge on any atom is 0.351 e. The van der Waals surface area contributed by atoms with Gasteiger partial charge in [0.25, 0.3) is 0 Å². The molecule has 5 heteroatoms. The molecule has 0 fully saturated rings. The van der Waals surface area contributed by atoms with Gasteiger partial charge in [-0.15, -0.1) is 4.98 Å². The second-order valence-electron chi connectivity index (χ2n) is 5.38. The lowest BCUT2D eigenvalue weighted by atomic mass is 10.0. The van der Waals surface area contributed by atoms with Gasteiger partial charge in [0.2, 0.25) is 0 Å². The van der Waals surface area contributed by atoms with Crippen LogP contribution < -0.4 is 10.4 Å². The molecule has 2 aromatic rings. The fraction of sp³-hybridized carbons (Fsp3) is 0.471. The monoisotopic (exact) mass is 301 g/mol. The van der Waals surface area contributed by atoms with Crippen LogP contribution in [0.4, 0.5) is 0 Å². The summed E-state index contributed by atoms with van der Waals surface area (Å²) in [5.41, 5.74) is 0.398. The zero-order valence-corrected chi connectivity index (χ0v) is 13.2. The van der Waals surface area contributed by atoms with Gasteiger partial charge in [-0.3, -0.25) is 4.98 Å². The highest BCUT2D eigenvalue weighted by Gasteiger charge is 2.10. The third-order valence-corrected chi connectivity index (χ3v) is 3.67. The van der Waals surface area contributed by atoms with Crippen molar-refractivity contribution in [2.45, 2.75) is 39.5 Å². The second kappa shape index (κ2) is 8.32. The number of ether oxygens (including phenoxy) is 1.